The average molecular weight is 222 g/mol. The standard InChI is InChI=1S/C7H8O2S.Zn/c1-9-5-2-3-7(10)6(8)4-5;/h2-4,8,10H,1H3;/q;+2. The van der Waals surface area contributed by atoms with Crippen LogP contribution < -0.4 is 4.74 Å². The molecule has 1 N–H and O–H groups in total. The molecule has 0 unspecified atom stereocenters. The first-order valence-electron chi connectivity index (χ1n) is 2.80. The third kappa shape index (κ3) is 2.72. The number of ether oxygens (including phenoxy) is 1. The number of phenols is 1. The molecule has 0 aliphatic rings. The molecule has 11 heavy (non-hydrogen) atoms. The molecule has 0 saturated carbocycles. The quantitative estimate of drug-likeness (QED) is 0.558. The van der Waals surface area contributed by atoms with Crippen LogP contribution in [0.5, 0.6) is 11.5 Å². The summed E-state index contributed by atoms with van der Waals surface area (Å²) in [6.45, 7) is 0. The first kappa shape index (κ1) is 10.8. The number of thiol groups is 1. The van der Waals surface area contributed by atoms with E-state index in [2.05, 4.69) is 12.6 Å². The Labute approximate surface area is 83.7 Å². The van der Waals surface area contributed by atoms with E-state index in [9.17, 15) is 0 Å². The maximum atomic E-state index is 9.07. The molecule has 0 radical (unpaired) electrons. The third-order valence-corrected chi connectivity index (χ3v) is 1.56. The normalized spacial score (nSPS) is 8.55. The molecule has 0 saturated heterocycles. The van der Waals surface area contributed by atoms with Crippen LogP contribution in [0.25, 0.3) is 0 Å². The summed E-state index contributed by atoms with van der Waals surface area (Å²) in [5, 5.41) is 9.07. The molecular weight excluding hydrogens is 214 g/mol. The number of benzene rings is 1. The molecule has 0 heterocycles. The van der Waals surface area contributed by atoms with Gasteiger partial charge >= 0.3 is 19.5 Å². The molecule has 0 aromatic heterocycles. The van der Waals surface area contributed by atoms with Crippen LogP contribution in [0.2, 0.25) is 0 Å². The van der Waals surface area contributed by atoms with Gasteiger partial charge in [0.1, 0.15) is 11.5 Å². The minimum atomic E-state index is 0. The fourth-order valence-electron chi connectivity index (χ4n) is 0.630. The van der Waals surface area contributed by atoms with E-state index in [-0.39, 0.29) is 25.2 Å². The van der Waals surface area contributed by atoms with Gasteiger partial charge in [-0.3, -0.25) is 0 Å². The number of hydrogen-bond donors (Lipinski definition) is 2. The second kappa shape index (κ2) is 4.63. The summed E-state index contributed by atoms with van der Waals surface area (Å²) in [6.07, 6.45) is 0. The molecule has 0 spiro atoms. The molecule has 0 bridgehead atoms. The van der Waals surface area contributed by atoms with Crippen molar-refractivity contribution in [2.24, 2.45) is 0 Å². The van der Waals surface area contributed by atoms with Gasteiger partial charge in [-0.25, -0.2) is 0 Å². The fraction of sp³-hybridized carbons (Fsp3) is 0.143. The summed E-state index contributed by atoms with van der Waals surface area (Å²) in [4.78, 5) is 0.556. The predicted octanol–water partition coefficient (Wildman–Crippen LogP) is 1.69. The Morgan fingerprint density at radius 2 is 2.09 bits per heavy atom. The summed E-state index contributed by atoms with van der Waals surface area (Å²) in [5.41, 5.74) is 0. The molecule has 1 aromatic carbocycles. The summed E-state index contributed by atoms with van der Waals surface area (Å²) < 4.78 is 4.86. The zero-order chi connectivity index (χ0) is 7.56. The van der Waals surface area contributed by atoms with Crippen molar-refractivity contribution in [2.75, 3.05) is 7.11 Å². The van der Waals surface area contributed by atoms with E-state index in [0.29, 0.717) is 10.6 Å². The zero-order valence-electron chi connectivity index (χ0n) is 6.24. The monoisotopic (exact) mass is 220 g/mol. The van der Waals surface area contributed by atoms with E-state index in [0.717, 1.165) is 0 Å². The third-order valence-electron chi connectivity index (χ3n) is 1.18. The second-order valence-electron chi connectivity index (χ2n) is 1.85. The Balaban J connectivity index is 0.000001000. The topological polar surface area (TPSA) is 29.5 Å². The van der Waals surface area contributed by atoms with Gasteiger partial charge in [0.2, 0.25) is 0 Å². The van der Waals surface area contributed by atoms with Gasteiger partial charge in [0, 0.05) is 11.0 Å². The second-order valence-corrected chi connectivity index (χ2v) is 2.34. The van der Waals surface area contributed by atoms with Crippen molar-refractivity contribution in [2.45, 2.75) is 4.90 Å². The minimum absolute atomic E-state index is 0. The van der Waals surface area contributed by atoms with E-state index < -0.39 is 0 Å². The van der Waals surface area contributed by atoms with Crippen LogP contribution in [0, 0.1) is 0 Å². The van der Waals surface area contributed by atoms with Crippen LogP contribution in [-0.2, 0) is 19.5 Å². The Hall–Kier alpha value is -0.207. The molecule has 0 atom stereocenters. The first-order valence-corrected chi connectivity index (χ1v) is 3.24. The van der Waals surface area contributed by atoms with Crippen molar-refractivity contribution in [1.82, 2.24) is 0 Å². The molecule has 1 rings (SSSR count). The van der Waals surface area contributed by atoms with Gasteiger partial charge in [0.15, 0.2) is 0 Å². The number of phenolic OH excluding ortho intramolecular Hbond substituents is 1. The van der Waals surface area contributed by atoms with Gasteiger partial charge in [-0.15, -0.1) is 12.6 Å². The molecule has 4 heteroatoms. The summed E-state index contributed by atoms with van der Waals surface area (Å²) in [7, 11) is 1.55. The van der Waals surface area contributed by atoms with Crippen LogP contribution in [0.4, 0.5) is 0 Å². The SMILES string of the molecule is COc1ccc(S)c(O)c1.[Zn+2]. The van der Waals surface area contributed by atoms with Crippen molar-refractivity contribution in [3.8, 4) is 11.5 Å². The Morgan fingerprint density at radius 3 is 2.55 bits per heavy atom. The van der Waals surface area contributed by atoms with Crippen molar-refractivity contribution in [3.63, 3.8) is 0 Å². The number of hydrogen-bond acceptors (Lipinski definition) is 3. The maximum absolute atomic E-state index is 9.07. The van der Waals surface area contributed by atoms with Crippen molar-refractivity contribution in [1.29, 1.82) is 0 Å². The number of aromatic hydroxyl groups is 1. The molecule has 0 amide bonds. The van der Waals surface area contributed by atoms with Gasteiger partial charge in [0.05, 0.1) is 7.11 Å². The molecule has 0 fully saturated rings. The van der Waals surface area contributed by atoms with Crippen LogP contribution in [0.15, 0.2) is 23.1 Å². The molecular formula is C7H8O2SZn+2. The van der Waals surface area contributed by atoms with Crippen LogP contribution in [0.3, 0.4) is 0 Å². The van der Waals surface area contributed by atoms with E-state index in [1.165, 1.54) is 6.07 Å². The Morgan fingerprint density at radius 1 is 1.45 bits per heavy atom. The van der Waals surface area contributed by atoms with E-state index in [4.69, 9.17) is 9.84 Å². The Kier molecular flexibility index (Phi) is 4.54. The van der Waals surface area contributed by atoms with E-state index in [1.54, 1.807) is 19.2 Å². The van der Waals surface area contributed by atoms with Crippen LogP contribution in [0.1, 0.15) is 0 Å². The number of rotatable bonds is 1. The van der Waals surface area contributed by atoms with Crippen molar-refractivity contribution < 1.29 is 29.3 Å². The molecule has 0 aliphatic heterocycles. The van der Waals surface area contributed by atoms with Crippen LogP contribution in [-0.4, -0.2) is 12.2 Å². The summed E-state index contributed by atoms with van der Waals surface area (Å²) in [6, 6.07) is 4.93. The summed E-state index contributed by atoms with van der Waals surface area (Å²) in [5.74, 6) is 0.776. The van der Waals surface area contributed by atoms with Gasteiger partial charge < -0.3 is 9.84 Å². The summed E-state index contributed by atoms with van der Waals surface area (Å²) >= 11 is 3.98. The van der Waals surface area contributed by atoms with Crippen LogP contribution >= 0.6 is 12.6 Å². The van der Waals surface area contributed by atoms with Gasteiger partial charge in [-0.1, -0.05) is 0 Å². The van der Waals surface area contributed by atoms with Crippen molar-refractivity contribution >= 4 is 12.6 Å². The largest absolute Gasteiger partial charge is 2.00 e. The first-order chi connectivity index (χ1) is 4.74. The fourth-order valence-corrected chi connectivity index (χ4v) is 0.769. The van der Waals surface area contributed by atoms with Crippen molar-refractivity contribution in [3.05, 3.63) is 18.2 Å². The Bertz CT molecular complexity index is 240. The molecule has 2 nitrogen and oxygen atoms in total. The smallest absolute Gasteiger partial charge is 0.507 e. The zero-order valence-corrected chi connectivity index (χ0v) is 10.1. The van der Waals surface area contributed by atoms with Gasteiger partial charge in [-0.05, 0) is 12.1 Å². The molecule has 0 aliphatic carbocycles. The maximum Gasteiger partial charge on any atom is 2.00 e. The minimum Gasteiger partial charge on any atom is -0.507 e. The van der Waals surface area contributed by atoms with Gasteiger partial charge in [-0.2, -0.15) is 0 Å². The average Bonchev–Trinajstić information content (AvgIpc) is 1.95. The molecule has 54 valence electrons. The van der Waals surface area contributed by atoms with E-state index in [1.807, 2.05) is 0 Å². The van der Waals surface area contributed by atoms with E-state index >= 15 is 0 Å². The number of methoxy groups -OCH3 is 1. The molecule has 1 aromatic rings. The predicted molar refractivity (Wildman–Crippen MR) is 41.9 cm³/mol. The van der Waals surface area contributed by atoms with Gasteiger partial charge in [0.25, 0.3) is 0 Å².